The SMILES string of the molecule is CC(C)c1cc(C(C)C)c(C#C[Se-])c(C(C)C)c1. The zero-order valence-corrected chi connectivity index (χ0v) is 14.0. The predicted octanol–water partition coefficient (Wildman–Crippen LogP) is 4.53. The molecule has 1 rings (SSSR count). The van der Waals surface area contributed by atoms with E-state index in [4.69, 9.17) is 0 Å². The normalized spacial score (nSPS) is 10.9. The molecule has 0 aliphatic heterocycles. The summed E-state index contributed by atoms with van der Waals surface area (Å²) in [6, 6.07) is 4.67. The zero-order chi connectivity index (χ0) is 13.9. The Labute approximate surface area is 120 Å². The van der Waals surface area contributed by atoms with Crippen LogP contribution in [0.3, 0.4) is 0 Å². The van der Waals surface area contributed by atoms with Gasteiger partial charge in [-0.25, -0.2) is 0 Å². The maximum absolute atomic E-state index is 3.27. The van der Waals surface area contributed by atoms with Gasteiger partial charge in [0.05, 0.1) is 0 Å². The molecule has 0 aromatic heterocycles. The van der Waals surface area contributed by atoms with Crippen LogP contribution < -0.4 is 0 Å². The number of rotatable bonds is 3. The Balaban J connectivity index is 3.58. The molecule has 0 bridgehead atoms. The molecule has 0 aliphatic carbocycles. The van der Waals surface area contributed by atoms with E-state index in [1.165, 1.54) is 22.3 Å². The molecule has 0 heterocycles. The molecule has 1 aromatic rings. The maximum atomic E-state index is 3.27. The van der Waals surface area contributed by atoms with Gasteiger partial charge in [-0.2, -0.15) is 0 Å². The molecule has 0 unspecified atom stereocenters. The molecule has 0 saturated carbocycles. The first-order chi connectivity index (χ1) is 8.38. The molecule has 98 valence electrons. The first-order valence-electron chi connectivity index (χ1n) is 6.69. The summed E-state index contributed by atoms with van der Waals surface area (Å²) in [5.74, 6) is 4.86. The Morgan fingerprint density at radius 2 is 1.28 bits per heavy atom. The van der Waals surface area contributed by atoms with Crippen molar-refractivity contribution >= 4 is 16.0 Å². The van der Waals surface area contributed by atoms with Crippen LogP contribution >= 0.6 is 0 Å². The Bertz CT molecular complexity index is 441. The summed E-state index contributed by atoms with van der Waals surface area (Å²) in [4.78, 5) is 2.95. The van der Waals surface area contributed by atoms with Gasteiger partial charge in [-0.15, -0.1) is 0 Å². The van der Waals surface area contributed by atoms with Gasteiger partial charge in [0.15, 0.2) is 0 Å². The molecule has 0 saturated heterocycles. The van der Waals surface area contributed by atoms with Gasteiger partial charge in [-0.3, -0.25) is 0 Å². The summed E-state index contributed by atoms with van der Waals surface area (Å²) < 4.78 is 0. The summed E-state index contributed by atoms with van der Waals surface area (Å²) in [5, 5.41) is 0. The van der Waals surface area contributed by atoms with Crippen molar-refractivity contribution in [2.24, 2.45) is 0 Å². The van der Waals surface area contributed by atoms with E-state index in [2.05, 4.69) is 80.4 Å². The number of benzene rings is 1. The van der Waals surface area contributed by atoms with Gasteiger partial charge >= 0.3 is 120 Å². The van der Waals surface area contributed by atoms with E-state index in [0.717, 1.165) is 0 Å². The molecule has 0 atom stereocenters. The third-order valence-corrected chi connectivity index (χ3v) is 3.52. The van der Waals surface area contributed by atoms with Crippen LogP contribution in [0.15, 0.2) is 12.1 Å². The van der Waals surface area contributed by atoms with Crippen molar-refractivity contribution in [3.8, 4) is 10.7 Å². The van der Waals surface area contributed by atoms with Crippen LogP contribution in [-0.2, 0) is 0 Å². The van der Waals surface area contributed by atoms with Crippen molar-refractivity contribution < 1.29 is 0 Å². The van der Waals surface area contributed by atoms with Gasteiger partial charge in [0.2, 0.25) is 0 Å². The molecule has 1 aromatic carbocycles. The fraction of sp³-hybridized carbons (Fsp3) is 0.529. The van der Waals surface area contributed by atoms with Gasteiger partial charge < -0.3 is 0 Å². The Morgan fingerprint density at radius 3 is 1.56 bits per heavy atom. The number of hydrogen-bond acceptors (Lipinski definition) is 0. The van der Waals surface area contributed by atoms with Crippen LogP contribution in [0.5, 0.6) is 0 Å². The van der Waals surface area contributed by atoms with Gasteiger partial charge in [0.1, 0.15) is 0 Å². The van der Waals surface area contributed by atoms with Crippen LogP contribution in [0.25, 0.3) is 0 Å². The second kappa shape index (κ2) is 6.46. The monoisotopic (exact) mass is 307 g/mol. The molecule has 1 heteroatoms. The van der Waals surface area contributed by atoms with E-state index < -0.39 is 0 Å². The molecule has 0 nitrogen and oxygen atoms in total. The van der Waals surface area contributed by atoms with E-state index in [1.807, 2.05) is 0 Å². The minimum absolute atomic E-state index is 0.511. The molecule has 0 spiro atoms. The summed E-state index contributed by atoms with van der Waals surface area (Å²) in [5.41, 5.74) is 5.41. The third kappa shape index (κ3) is 3.41. The quantitative estimate of drug-likeness (QED) is 0.568. The minimum atomic E-state index is 0.511. The molecule has 0 aliphatic rings. The second-order valence-electron chi connectivity index (χ2n) is 5.77. The van der Waals surface area contributed by atoms with E-state index in [1.54, 1.807) is 0 Å². The molecule has 0 fully saturated rings. The topological polar surface area (TPSA) is 0 Å². The average Bonchev–Trinajstić information content (AvgIpc) is 2.28. The van der Waals surface area contributed by atoms with Crippen molar-refractivity contribution in [1.29, 1.82) is 0 Å². The first kappa shape index (κ1) is 15.4. The molecular weight excluding hydrogens is 283 g/mol. The van der Waals surface area contributed by atoms with E-state index in [-0.39, 0.29) is 0 Å². The Kier molecular flexibility index (Phi) is 5.51. The van der Waals surface area contributed by atoms with E-state index >= 15 is 0 Å². The fourth-order valence-corrected chi connectivity index (χ4v) is 2.37. The van der Waals surface area contributed by atoms with Crippen LogP contribution in [-0.4, -0.2) is 16.0 Å². The molecule has 0 amide bonds. The number of hydrogen-bond donors (Lipinski definition) is 0. The first-order valence-corrected chi connectivity index (χ1v) is 7.55. The molecule has 0 N–H and O–H groups in total. The summed E-state index contributed by atoms with van der Waals surface area (Å²) in [6.07, 6.45) is 0. The summed E-state index contributed by atoms with van der Waals surface area (Å²) in [7, 11) is 0. The van der Waals surface area contributed by atoms with Gasteiger partial charge in [0.25, 0.3) is 0 Å². The van der Waals surface area contributed by atoms with E-state index in [0.29, 0.717) is 17.8 Å². The van der Waals surface area contributed by atoms with Crippen molar-refractivity contribution in [3.05, 3.63) is 34.4 Å². The zero-order valence-electron chi connectivity index (χ0n) is 12.3. The third-order valence-electron chi connectivity index (χ3n) is 3.31. The van der Waals surface area contributed by atoms with Gasteiger partial charge in [-0.1, -0.05) is 0 Å². The van der Waals surface area contributed by atoms with Crippen molar-refractivity contribution in [3.63, 3.8) is 0 Å². The van der Waals surface area contributed by atoms with E-state index in [9.17, 15) is 0 Å². The van der Waals surface area contributed by atoms with Crippen molar-refractivity contribution in [2.45, 2.75) is 59.3 Å². The van der Waals surface area contributed by atoms with Crippen LogP contribution in [0.2, 0.25) is 0 Å². The Hall–Kier alpha value is -0.701. The summed E-state index contributed by atoms with van der Waals surface area (Å²) in [6.45, 7) is 13.5. The Morgan fingerprint density at radius 1 is 0.833 bits per heavy atom. The van der Waals surface area contributed by atoms with Gasteiger partial charge in [-0.05, 0) is 0 Å². The van der Waals surface area contributed by atoms with Crippen LogP contribution in [0.1, 0.15) is 81.5 Å². The predicted molar refractivity (Wildman–Crippen MR) is 81.3 cm³/mol. The molecular formula is C17H23Se-. The fourth-order valence-electron chi connectivity index (χ4n) is 2.15. The van der Waals surface area contributed by atoms with Crippen molar-refractivity contribution in [2.75, 3.05) is 0 Å². The van der Waals surface area contributed by atoms with Crippen molar-refractivity contribution in [1.82, 2.24) is 0 Å². The van der Waals surface area contributed by atoms with Crippen LogP contribution in [0, 0.1) is 10.7 Å². The standard InChI is InChI=1S/C17H24Se/c1-11(2)14-9-16(12(3)4)15(7-8-18)17(10-14)13(5)6/h9-13,18H,1-6H3/p-1. The molecule has 0 radical (unpaired) electrons. The van der Waals surface area contributed by atoms with Gasteiger partial charge in [0, 0.05) is 0 Å². The second-order valence-corrected chi connectivity index (χ2v) is 6.19. The summed E-state index contributed by atoms with van der Waals surface area (Å²) >= 11 is 2.80. The molecule has 18 heavy (non-hydrogen) atoms. The van der Waals surface area contributed by atoms with Crippen LogP contribution in [0.4, 0.5) is 0 Å². The average molecular weight is 306 g/mol.